The lowest BCUT2D eigenvalue weighted by Crippen LogP contribution is -2.04. The quantitative estimate of drug-likeness (QED) is 0.144. The molecule has 6 aromatic rings. The van der Waals surface area contributed by atoms with Gasteiger partial charge in [-0.2, -0.15) is 0 Å². The van der Waals surface area contributed by atoms with Crippen molar-refractivity contribution >= 4 is 61.3 Å². The zero-order valence-electron chi connectivity index (χ0n) is 19.7. The molecule has 1 aliphatic rings. The van der Waals surface area contributed by atoms with Crippen molar-refractivity contribution in [3.63, 3.8) is 0 Å². The molecule has 0 bridgehead atoms. The molecule has 0 aromatic heterocycles. The van der Waals surface area contributed by atoms with Crippen molar-refractivity contribution in [3.8, 4) is 0 Å². The molecule has 0 heterocycles. The van der Waals surface area contributed by atoms with Crippen molar-refractivity contribution in [1.29, 1.82) is 0 Å². The lowest BCUT2D eigenvalue weighted by molar-refractivity contribution is 0.978. The van der Waals surface area contributed by atoms with Crippen LogP contribution in [0.25, 0.3) is 61.3 Å². The number of hydrogen-bond acceptors (Lipinski definition) is 0. The fourth-order valence-corrected chi connectivity index (χ4v) is 6.15. The summed E-state index contributed by atoms with van der Waals surface area (Å²) in [6.45, 7) is 4.04. The Bertz CT molecular complexity index is 1810. The van der Waals surface area contributed by atoms with Crippen molar-refractivity contribution in [2.45, 2.75) is 19.3 Å². The predicted octanol–water partition coefficient (Wildman–Crippen LogP) is 9.60. The monoisotopic (exact) mass is 446 g/mol. The van der Waals surface area contributed by atoms with Crippen molar-refractivity contribution in [2.24, 2.45) is 0 Å². The van der Waals surface area contributed by atoms with Gasteiger partial charge in [0.05, 0.1) is 0 Å². The molecule has 0 spiro atoms. The highest BCUT2D eigenvalue weighted by molar-refractivity contribution is 6.24. The molecule has 0 nitrogen and oxygen atoms in total. The number of fused-ring (bicyclic) bond motifs is 2. The summed E-state index contributed by atoms with van der Waals surface area (Å²) in [6, 6.07) is 29.1. The van der Waals surface area contributed by atoms with Crippen LogP contribution in [0.2, 0.25) is 0 Å². The van der Waals surface area contributed by atoms with E-state index in [0.29, 0.717) is 0 Å². The summed E-state index contributed by atoms with van der Waals surface area (Å²) in [7, 11) is 0. The topological polar surface area (TPSA) is 0 Å². The first-order valence-corrected chi connectivity index (χ1v) is 12.5. The van der Waals surface area contributed by atoms with Gasteiger partial charge in [-0.25, -0.2) is 0 Å². The van der Waals surface area contributed by atoms with Gasteiger partial charge >= 0.3 is 0 Å². The second-order valence-electron chi connectivity index (χ2n) is 9.61. The normalized spacial score (nSPS) is 13.5. The molecule has 6 aromatic carbocycles. The molecule has 35 heavy (non-hydrogen) atoms. The van der Waals surface area contributed by atoms with Gasteiger partial charge in [0.25, 0.3) is 0 Å². The molecule has 7 rings (SSSR count). The highest BCUT2D eigenvalue weighted by atomic mass is 14.2. The van der Waals surface area contributed by atoms with Crippen LogP contribution < -0.4 is 0 Å². The lowest BCUT2D eigenvalue weighted by atomic mass is 9.83. The van der Waals surface area contributed by atoms with Crippen LogP contribution in [0, 0.1) is 0 Å². The van der Waals surface area contributed by atoms with Gasteiger partial charge in [0.1, 0.15) is 0 Å². The standard InChI is InChI=1S/C35H26/c1-2-8-28-29-11-3-5-13-31(29)33(32-14-6-4-12-30(28)32)22-19-23-15-16-26-18-17-24-9-7-10-25-20-21-27(23)35(26)34(24)25/h2-5,7,9-13,15-22H,1,6,8,14H2. The van der Waals surface area contributed by atoms with Crippen molar-refractivity contribution in [1.82, 2.24) is 0 Å². The third-order valence-electron chi connectivity index (χ3n) is 7.70. The highest BCUT2D eigenvalue weighted by Gasteiger charge is 2.17. The SMILES string of the molecule is C=CCc1c2c(c(C=Cc3ccc4ccc5cccc6ccc3c4c56)c3ccccc13)CCC=C2. The molecule has 0 saturated heterocycles. The molecule has 0 atom stereocenters. The van der Waals surface area contributed by atoms with E-state index >= 15 is 0 Å². The number of benzene rings is 6. The molecule has 1 aliphatic carbocycles. The van der Waals surface area contributed by atoms with E-state index in [1.54, 1.807) is 0 Å². The average Bonchev–Trinajstić information content (AvgIpc) is 2.92. The van der Waals surface area contributed by atoms with Crippen LogP contribution in [0.15, 0.2) is 97.6 Å². The Hall–Kier alpha value is -4.16. The van der Waals surface area contributed by atoms with Gasteiger partial charge < -0.3 is 0 Å². The van der Waals surface area contributed by atoms with Crippen LogP contribution >= 0.6 is 0 Å². The summed E-state index contributed by atoms with van der Waals surface area (Å²) in [5.41, 5.74) is 6.90. The molecule has 0 N–H and O–H groups in total. The zero-order valence-corrected chi connectivity index (χ0v) is 19.7. The van der Waals surface area contributed by atoms with Crippen LogP contribution in [0.5, 0.6) is 0 Å². The minimum atomic E-state index is 0.895. The maximum atomic E-state index is 4.04. The van der Waals surface area contributed by atoms with E-state index in [4.69, 9.17) is 0 Å². The van der Waals surface area contributed by atoms with E-state index in [2.05, 4.69) is 110 Å². The second-order valence-corrected chi connectivity index (χ2v) is 9.61. The Morgan fingerprint density at radius 2 is 1.43 bits per heavy atom. The van der Waals surface area contributed by atoms with E-state index < -0.39 is 0 Å². The molecule has 0 amide bonds. The van der Waals surface area contributed by atoms with Gasteiger partial charge in [0.15, 0.2) is 0 Å². The third-order valence-corrected chi connectivity index (χ3v) is 7.70. The van der Waals surface area contributed by atoms with Crippen LogP contribution in [-0.4, -0.2) is 0 Å². The summed E-state index contributed by atoms with van der Waals surface area (Å²) >= 11 is 0. The van der Waals surface area contributed by atoms with Crippen molar-refractivity contribution in [3.05, 3.63) is 125 Å². The smallest absolute Gasteiger partial charge is 0.00208 e. The van der Waals surface area contributed by atoms with E-state index in [1.807, 2.05) is 6.08 Å². The van der Waals surface area contributed by atoms with E-state index in [9.17, 15) is 0 Å². The number of rotatable bonds is 4. The number of allylic oxidation sites excluding steroid dienone is 2. The van der Waals surface area contributed by atoms with E-state index in [0.717, 1.165) is 19.3 Å². The van der Waals surface area contributed by atoms with Crippen molar-refractivity contribution < 1.29 is 0 Å². The Labute approximate surface area is 205 Å². The Morgan fingerprint density at radius 3 is 2.26 bits per heavy atom. The average molecular weight is 447 g/mol. The van der Waals surface area contributed by atoms with Crippen LogP contribution in [0.4, 0.5) is 0 Å². The molecule has 0 radical (unpaired) electrons. The van der Waals surface area contributed by atoms with Gasteiger partial charge in [0, 0.05) is 0 Å². The predicted molar refractivity (Wildman–Crippen MR) is 154 cm³/mol. The van der Waals surface area contributed by atoms with Crippen LogP contribution in [-0.2, 0) is 12.8 Å². The fourth-order valence-electron chi connectivity index (χ4n) is 6.15. The van der Waals surface area contributed by atoms with E-state index in [1.165, 1.54) is 70.9 Å². The molecule has 0 aliphatic heterocycles. The van der Waals surface area contributed by atoms with Crippen LogP contribution in [0.1, 0.15) is 34.2 Å². The largest absolute Gasteiger partial charge is 0.103 e. The van der Waals surface area contributed by atoms with Gasteiger partial charge in [0.2, 0.25) is 0 Å². The highest BCUT2D eigenvalue weighted by Crippen LogP contribution is 2.38. The fraction of sp³-hybridized carbons (Fsp3) is 0.0857. The molecular formula is C35H26. The molecule has 166 valence electrons. The third kappa shape index (κ3) is 3.07. The first-order chi connectivity index (χ1) is 17.3. The molecule has 0 heteroatoms. The lowest BCUT2D eigenvalue weighted by Gasteiger charge is -2.21. The summed E-state index contributed by atoms with van der Waals surface area (Å²) in [4.78, 5) is 0. The van der Waals surface area contributed by atoms with Gasteiger partial charge in [-0.05, 0) is 90.2 Å². The van der Waals surface area contributed by atoms with Crippen molar-refractivity contribution in [2.75, 3.05) is 0 Å². The summed E-state index contributed by atoms with van der Waals surface area (Å²) < 4.78 is 0. The Balaban J connectivity index is 1.48. The van der Waals surface area contributed by atoms with Crippen LogP contribution in [0.3, 0.4) is 0 Å². The number of hydrogen-bond donors (Lipinski definition) is 0. The zero-order chi connectivity index (χ0) is 23.4. The Kier molecular flexibility index (Phi) is 4.60. The molecular weight excluding hydrogens is 420 g/mol. The minimum absolute atomic E-state index is 0.895. The minimum Gasteiger partial charge on any atom is -0.103 e. The molecule has 0 saturated carbocycles. The molecule has 0 unspecified atom stereocenters. The van der Waals surface area contributed by atoms with E-state index in [-0.39, 0.29) is 0 Å². The maximum absolute atomic E-state index is 4.04. The second kappa shape index (κ2) is 7.96. The Morgan fingerprint density at radius 1 is 0.686 bits per heavy atom. The summed E-state index contributed by atoms with van der Waals surface area (Å²) in [5.74, 6) is 0. The van der Waals surface area contributed by atoms with Gasteiger partial charge in [-0.15, -0.1) is 6.58 Å². The first kappa shape index (κ1) is 20.2. The van der Waals surface area contributed by atoms with Gasteiger partial charge in [-0.1, -0.05) is 109 Å². The summed E-state index contributed by atoms with van der Waals surface area (Å²) in [6.07, 6.45) is 14.5. The van der Waals surface area contributed by atoms with Gasteiger partial charge in [-0.3, -0.25) is 0 Å². The first-order valence-electron chi connectivity index (χ1n) is 12.5. The maximum Gasteiger partial charge on any atom is -0.00208 e. The molecule has 0 fully saturated rings. The summed E-state index contributed by atoms with van der Waals surface area (Å²) in [5, 5.41) is 10.7.